The van der Waals surface area contributed by atoms with Crippen molar-refractivity contribution in [1.82, 2.24) is 9.97 Å². The monoisotopic (exact) mass is 241 g/mol. The van der Waals surface area contributed by atoms with Crippen LogP contribution in [0.2, 0.25) is 0 Å². The molecule has 13 heavy (non-hydrogen) atoms. The molecule has 68 valence electrons. The highest BCUT2D eigenvalue weighted by Gasteiger charge is 2.03. The first kappa shape index (κ1) is 8.52. The van der Waals surface area contributed by atoms with Crippen molar-refractivity contribution in [2.24, 2.45) is 5.73 Å². The molecule has 1 aromatic heterocycles. The molecular formula is C8H8BrN3O. The molecule has 0 radical (unpaired) electrons. The van der Waals surface area contributed by atoms with E-state index < -0.39 is 0 Å². The van der Waals surface area contributed by atoms with Crippen LogP contribution in [0.4, 0.5) is 0 Å². The molecule has 0 aliphatic carbocycles. The number of hydrogen-bond donors (Lipinski definition) is 3. The molecule has 1 unspecified atom stereocenters. The molecular weight excluding hydrogens is 234 g/mol. The Morgan fingerprint density at radius 1 is 1.31 bits per heavy atom. The minimum atomic E-state index is -0.199. The molecule has 0 fully saturated rings. The summed E-state index contributed by atoms with van der Waals surface area (Å²) in [5.74, 6) is 0. The normalized spacial score (nSPS) is 13.4. The lowest BCUT2D eigenvalue weighted by molar-refractivity contribution is 1.06. The first-order valence-electron chi connectivity index (χ1n) is 3.78. The predicted molar refractivity (Wildman–Crippen MR) is 54.8 cm³/mol. The third-order valence-electron chi connectivity index (χ3n) is 1.86. The number of imidazole rings is 1. The number of nitrogens with one attached hydrogen (secondary N) is 2. The molecule has 0 amide bonds. The summed E-state index contributed by atoms with van der Waals surface area (Å²) >= 11 is 3.25. The van der Waals surface area contributed by atoms with Gasteiger partial charge in [0, 0.05) is 0 Å². The summed E-state index contributed by atoms with van der Waals surface area (Å²) < 4.78 is 0. The fraction of sp³-hybridized carbons (Fsp3) is 0.125. The van der Waals surface area contributed by atoms with Crippen molar-refractivity contribution in [3.05, 3.63) is 34.2 Å². The van der Waals surface area contributed by atoms with Crippen LogP contribution < -0.4 is 11.4 Å². The Morgan fingerprint density at radius 3 is 2.69 bits per heavy atom. The van der Waals surface area contributed by atoms with Gasteiger partial charge in [-0.25, -0.2) is 4.79 Å². The van der Waals surface area contributed by atoms with Crippen LogP contribution in [0.3, 0.4) is 0 Å². The Bertz CT molecular complexity index is 485. The van der Waals surface area contributed by atoms with E-state index in [2.05, 4.69) is 25.9 Å². The van der Waals surface area contributed by atoms with Gasteiger partial charge in [0.15, 0.2) is 0 Å². The number of benzene rings is 1. The number of aromatic nitrogens is 2. The number of halogens is 1. The lowest BCUT2D eigenvalue weighted by Gasteiger charge is -2.02. The predicted octanol–water partition coefficient (Wildman–Crippen LogP) is 1.21. The zero-order chi connectivity index (χ0) is 9.42. The van der Waals surface area contributed by atoms with E-state index in [1.54, 1.807) is 0 Å². The summed E-state index contributed by atoms with van der Waals surface area (Å²) in [4.78, 5) is 16.0. The molecule has 1 atom stereocenters. The highest BCUT2D eigenvalue weighted by Crippen LogP contribution is 2.19. The van der Waals surface area contributed by atoms with Crippen molar-refractivity contribution >= 4 is 27.0 Å². The molecule has 1 aromatic carbocycles. The third kappa shape index (κ3) is 1.52. The van der Waals surface area contributed by atoms with Gasteiger partial charge in [0.1, 0.15) is 0 Å². The average molecular weight is 242 g/mol. The van der Waals surface area contributed by atoms with Crippen LogP contribution >= 0.6 is 15.9 Å². The van der Waals surface area contributed by atoms with E-state index in [4.69, 9.17) is 5.73 Å². The minimum absolute atomic E-state index is 0.199. The van der Waals surface area contributed by atoms with Crippen LogP contribution in [0, 0.1) is 0 Å². The second-order valence-electron chi connectivity index (χ2n) is 2.79. The zero-order valence-electron chi connectivity index (χ0n) is 6.67. The Kier molecular flexibility index (Phi) is 1.97. The van der Waals surface area contributed by atoms with Gasteiger partial charge in [0.25, 0.3) is 0 Å². The topological polar surface area (TPSA) is 74.7 Å². The number of rotatable bonds is 1. The maximum Gasteiger partial charge on any atom is 0.323 e. The first-order chi connectivity index (χ1) is 6.16. The van der Waals surface area contributed by atoms with Crippen LogP contribution in [0.5, 0.6) is 0 Å². The van der Waals surface area contributed by atoms with Gasteiger partial charge in [0.05, 0.1) is 16.0 Å². The fourth-order valence-electron chi connectivity index (χ4n) is 1.22. The SMILES string of the molecule is NC(Br)c1ccc2[nH]c(=O)[nH]c2c1. The number of fused-ring (bicyclic) bond motifs is 1. The van der Waals surface area contributed by atoms with Crippen LogP contribution in [0.15, 0.2) is 23.0 Å². The van der Waals surface area contributed by atoms with E-state index in [0.29, 0.717) is 0 Å². The zero-order valence-corrected chi connectivity index (χ0v) is 8.26. The summed E-state index contributed by atoms with van der Waals surface area (Å²) in [6.07, 6.45) is 0. The van der Waals surface area contributed by atoms with Crippen molar-refractivity contribution < 1.29 is 0 Å². The molecule has 0 spiro atoms. The Morgan fingerprint density at radius 2 is 2.00 bits per heavy atom. The van der Waals surface area contributed by atoms with E-state index >= 15 is 0 Å². The molecule has 5 heteroatoms. The lowest BCUT2D eigenvalue weighted by atomic mass is 10.2. The van der Waals surface area contributed by atoms with E-state index in [-0.39, 0.29) is 10.6 Å². The number of H-pyrrole nitrogens is 2. The highest BCUT2D eigenvalue weighted by molar-refractivity contribution is 9.09. The smallest absolute Gasteiger partial charge is 0.315 e. The lowest BCUT2D eigenvalue weighted by Crippen LogP contribution is -2.00. The van der Waals surface area contributed by atoms with Gasteiger partial charge in [-0.1, -0.05) is 22.0 Å². The van der Waals surface area contributed by atoms with Gasteiger partial charge < -0.3 is 15.7 Å². The van der Waals surface area contributed by atoms with Crippen LogP contribution in [-0.2, 0) is 0 Å². The van der Waals surface area contributed by atoms with Crippen molar-refractivity contribution in [2.45, 2.75) is 4.95 Å². The second kappa shape index (κ2) is 3.01. The van der Waals surface area contributed by atoms with E-state index in [1.807, 2.05) is 18.2 Å². The van der Waals surface area contributed by atoms with Crippen LogP contribution in [0.25, 0.3) is 11.0 Å². The molecule has 4 nitrogen and oxygen atoms in total. The molecule has 2 aromatic rings. The van der Waals surface area contributed by atoms with Crippen LogP contribution in [0.1, 0.15) is 10.5 Å². The first-order valence-corrected chi connectivity index (χ1v) is 4.70. The highest BCUT2D eigenvalue weighted by atomic mass is 79.9. The van der Waals surface area contributed by atoms with E-state index in [9.17, 15) is 4.79 Å². The molecule has 0 aliphatic heterocycles. The van der Waals surface area contributed by atoms with Crippen molar-refractivity contribution in [2.75, 3.05) is 0 Å². The van der Waals surface area contributed by atoms with Gasteiger partial charge in [-0.05, 0) is 17.7 Å². The van der Waals surface area contributed by atoms with Crippen LogP contribution in [-0.4, -0.2) is 9.97 Å². The van der Waals surface area contributed by atoms with Gasteiger partial charge in [-0.15, -0.1) is 0 Å². The molecule has 0 saturated carbocycles. The van der Waals surface area contributed by atoms with Crippen molar-refractivity contribution in [1.29, 1.82) is 0 Å². The number of aromatic amines is 2. The second-order valence-corrected chi connectivity index (χ2v) is 3.77. The molecule has 4 N–H and O–H groups in total. The fourth-order valence-corrected chi connectivity index (χ4v) is 1.51. The number of nitrogens with two attached hydrogens (primary N) is 1. The van der Waals surface area contributed by atoms with Gasteiger partial charge in [-0.2, -0.15) is 0 Å². The summed E-state index contributed by atoms with van der Waals surface area (Å²) in [5.41, 5.74) is 7.93. The van der Waals surface area contributed by atoms with E-state index in [1.165, 1.54) is 0 Å². The van der Waals surface area contributed by atoms with E-state index in [0.717, 1.165) is 16.6 Å². The standard InChI is InChI=1S/C8H8BrN3O/c9-7(10)4-1-2-5-6(3-4)12-8(13)11-5/h1-3,7H,10H2,(H2,11,12,13). The third-order valence-corrected chi connectivity index (χ3v) is 2.39. The summed E-state index contributed by atoms with van der Waals surface area (Å²) in [6.45, 7) is 0. The molecule has 0 bridgehead atoms. The average Bonchev–Trinajstić information content (AvgIpc) is 2.42. The summed E-state index contributed by atoms with van der Waals surface area (Å²) in [6, 6.07) is 5.53. The molecule has 0 aliphatic rings. The molecule has 2 rings (SSSR count). The largest absolute Gasteiger partial charge is 0.323 e. The summed E-state index contributed by atoms with van der Waals surface area (Å²) in [7, 11) is 0. The summed E-state index contributed by atoms with van der Waals surface area (Å²) in [5, 5.41) is 0. The van der Waals surface area contributed by atoms with Gasteiger partial charge in [0.2, 0.25) is 0 Å². The Balaban J connectivity index is 2.68. The van der Waals surface area contributed by atoms with Crippen molar-refractivity contribution in [3.8, 4) is 0 Å². The van der Waals surface area contributed by atoms with Crippen molar-refractivity contribution in [3.63, 3.8) is 0 Å². The Labute approximate surface area is 82.3 Å². The van der Waals surface area contributed by atoms with Gasteiger partial charge >= 0.3 is 5.69 Å². The van der Waals surface area contributed by atoms with Gasteiger partial charge in [-0.3, -0.25) is 0 Å². The maximum atomic E-state index is 10.9. The maximum absolute atomic E-state index is 10.9. The molecule has 1 heterocycles. The quantitative estimate of drug-likeness (QED) is 0.519. The molecule has 0 saturated heterocycles. The number of hydrogen-bond acceptors (Lipinski definition) is 2. The number of alkyl halides is 1. The minimum Gasteiger partial charge on any atom is -0.315 e. The Hall–Kier alpha value is -1.07.